The molecular formula is C23H14BrFN2O3. The molecule has 0 saturated carbocycles. The van der Waals surface area contributed by atoms with Gasteiger partial charge in [0.1, 0.15) is 17.2 Å². The van der Waals surface area contributed by atoms with Crippen molar-refractivity contribution in [2.24, 2.45) is 0 Å². The fourth-order valence-corrected chi connectivity index (χ4v) is 4.07. The first kappa shape index (κ1) is 18.7. The third-order valence-corrected chi connectivity index (χ3v) is 5.67. The van der Waals surface area contributed by atoms with E-state index in [9.17, 15) is 14.0 Å². The molecule has 1 unspecified atom stereocenters. The highest BCUT2D eigenvalue weighted by atomic mass is 79.9. The molecule has 5 rings (SSSR count). The minimum absolute atomic E-state index is 0.0460. The van der Waals surface area contributed by atoms with E-state index in [0.29, 0.717) is 5.82 Å². The first-order chi connectivity index (χ1) is 14.4. The van der Waals surface area contributed by atoms with E-state index >= 15 is 0 Å². The number of hydrogen-bond donors (Lipinski definition) is 0. The van der Waals surface area contributed by atoms with E-state index in [1.807, 2.05) is 37.3 Å². The second-order valence-electron chi connectivity index (χ2n) is 7.08. The van der Waals surface area contributed by atoms with Crippen molar-refractivity contribution in [3.05, 3.63) is 104 Å². The lowest BCUT2D eigenvalue weighted by Gasteiger charge is -2.24. The number of nitrogens with zero attached hydrogens (tertiary/aromatic N) is 2. The summed E-state index contributed by atoms with van der Waals surface area (Å²) in [5.41, 5.74) is 1.38. The van der Waals surface area contributed by atoms with E-state index in [0.717, 1.165) is 21.8 Å². The van der Waals surface area contributed by atoms with E-state index in [2.05, 4.69) is 20.9 Å². The second-order valence-corrected chi connectivity index (χ2v) is 8.00. The van der Waals surface area contributed by atoms with Crippen LogP contribution in [0.5, 0.6) is 0 Å². The Kier molecular flexibility index (Phi) is 4.29. The number of anilines is 1. The Morgan fingerprint density at radius 1 is 1.07 bits per heavy atom. The summed E-state index contributed by atoms with van der Waals surface area (Å²) < 4.78 is 20.5. The summed E-state index contributed by atoms with van der Waals surface area (Å²) >= 11 is 3.41. The van der Waals surface area contributed by atoms with Crippen molar-refractivity contribution in [1.82, 2.24) is 4.98 Å². The Hall–Kier alpha value is -3.32. The molecule has 30 heavy (non-hydrogen) atoms. The molecule has 0 aliphatic carbocycles. The average molecular weight is 465 g/mol. The van der Waals surface area contributed by atoms with Gasteiger partial charge in [0.15, 0.2) is 5.43 Å². The van der Waals surface area contributed by atoms with Crippen molar-refractivity contribution in [3.63, 3.8) is 0 Å². The molecule has 5 nitrogen and oxygen atoms in total. The minimum Gasteiger partial charge on any atom is -0.450 e. The van der Waals surface area contributed by atoms with Gasteiger partial charge in [-0.05, 0) is 55.0 Å². The molecule has 0 spiro atoms. The number of rotatable bonds is 2. The number of pyridine rings is 1. The Morgan fingerprint density at radius 3 is 2.57 bits per heavy atom. The van der Waals surface area contributed by atoms with Crippen LogP contribution in [-0.2, 0) is 0 Å². The summed E-state index contributed by atoms with van der Waals surface area (Å²) in [5.74, 6) is -0.639. The lowest BCUT2D eigenvalue weighted by Crippen LogP contribution is -2.30. The van der Waals surface area contributed by atoms with Crippen LogP contribution in [0.3, 0.4) is 0 Å². The summed E-state index contributed by atoms with van der Waals surface area (Å²) in [7, 11) is 0. The lowest BCUT2D eigenvalue weighted by atomic mass is 9.98. The number of carbonyl (C=O) groups excluding carboxylic acids is 1. The topological polar surface area (TPSA) is 63.4 Å². The highest BCUT2D eigenvalue weighted by Gasteiger charge is 2.44. The van der Waals surface area contributed by atoms with E-state index in [1.54, 1.807) is 12.1 Å². The second kappa shape index (κ2) is 6.88. The molecule has 0 fully saturated rings. The zero-order chi connectivity index (χ0) is 21.0. The summed E-state index contributed by atoms with van der Waals surface area (Å²) in [6, 6.07) is 15.6. The Bertz CT molecular complexity index is 1380. The van der Waals surface area contributed by atoms with Crippen LogP contribution in [-0.4, -0.2) is 10.9 Å². The normalized spacial score (nSPS) is 15.6. The number of aromatic nitrogens is 1. The minimum atomic E-state index is -0.737. The monoisotopic (exact) mass is 464 g/mol. The third kappa shape index (κ3) is 2.85. The van der Waals surface area contributed by atoms with Crippen molar-refractivity contribution in [2.75, 3.05) is 4.90 Å². The smallest absolute Gasteiger partial charge is 0.296 e. The van der Waals surface area contributed by atoms with Crippen LogP contribution in [0.2, 0.25) is 0 Å². The van der Waals surface area contributed by atoms with E-state index < -0.39 is 23.2 Å². The van der Waals surface area contributed by atoms with Gasteiger partial charge in [-0.15, -0.1) is 0 Å². The van der Waals surface area contributed by atoms with Crippen molar-refractivity contribution >= 4 is 38.6 Å². The molecule has 0 bridgehead atoms. The fourth-order valence-electron chi connectivity index (χ4n) is 3.80. The Balaban J connectivity index is 1.83. The van der Waals surface area contributed by atoms with Crippen LogP contribution < -0.4 is 10.3 Å². The van der Waals surface area contributed by atoms with Crippen molar-refractivity contribution in [3.8, 4) is 0 Å². The van der Waals surface area contributed by atoms with Gasteiger partial charge in [0, 0.05) is 10.2 Å². The van der Waals surface area contributed by atoms with Gasteiger partial charge < -0.3 is 4.42 Å². The van der Waals surface area contributed by atoms with Gasteiger partial charge in [-0.25, -0.2) is 9.37 Å². The van der Waals surface area contributed by atoms with Crippen LogP contribution in [0.15, 0.2) is 74.3 Å². The molecule has 2 aromatic heterocycles. The zero-order valence-corrected chi connectivity index (χ0v) is 17.3. The van der Waals surface area contributed by atoms with E-state index in [4.69, 9.17) is 4.42 Å². The largest absolute Gasteiger partial charge is 0.450 e. The highest BCUT2D eigenvalue weighted by molar-refractivity contribution is 9.10. The molecule has 0 saturated heterocycles. The molecule has 0 N–H and O–H groups in total. The SMILES string of the molecule is Cc1cccc(N2C(=O)c3oc4ccc(F)cc4c(=O)c3C2c2ccc(Br)cc2)n1. The predicted octanol–water partition coefficient (Wildman–Crippen LogP) is 5.15. The van der Waals surface area contributed by atoms with Crippen LogP contribution in [0.4, 0.5) is 10.2 Å². The molecule has 4 aromatic rings. The standard InChI is InChI=1S/C23H14BrFN2O3/c1-12-3-2-4-18(26-12)27-20(13-5-7-14(24)8-6-13)19-21(28)16-11-15(25)9-10-17(16)30-22(19)23(27)29/h2-11,20H,1H3. The molecule has 1 aliphatic heterocycles. The highest BCUT2D eigenvalue weighted by Crippen LogP contribution is 2.40. The summed E-state index contributed by atoms with van der Waals surface area (Å²) in [6.07, 6.45) is 0. The number of fused-ring (bicyclic) bond motifs is 2. The van der Waals surface area contributed by atoms with Gasteiger partial charge in [0.25, 0.3) is 5.91 Å². The van der Waals surface area contributed by atoms with Crippen molar-refractivity contribution in [2.45, 2.75) is 13.0 Å². The fraction of sp³-hybridized carbons (Fsp3) is 0.0870. The number of hydrogen-bond acceptors (Lipinski definition) is 4. The molecular weight excluding hydrogens is 451 g/mol. The molecule has 1 atom stereocenters. The van der Waals surface area contributed by atoms with E-state index in [1.165, 1.54) is 17.0 Å². The van der Waals surface area contributed by atoms with Crippen molar-refractivity contribution < 1.29 is 13.6 Å². The lowest BCUT2D eigenvalue weighted by molar-refractivity contribution is 0.0970. The molecule has 1 aliphatic rings. The molecule has 2 aromatic carbocycles. The maximum atomic E-state index is 13.8. The van der Waals surface area contributed by atoms with Crippen LogP contribution in [0.25, 0.3) is 11.0 Å². The summed E-state index contributed by atoms with van der Waals surface area (Å²) in [4.78, 5) is 32.7. The van der Waals surface area contributed by atoms with Crippen LogP contribution >= 0.6 is 15.9 Å². The van der Waals surface area contributed by atoms with Gasteiger partial charge in [-0.2, -0.15) is 0 Å². The number of carbonyl (C=O) groups is 1. The average Bonchev–Trinajstić information content (AvgIpc) is 3.02. The number of aryl methyl sites for hydroxylation is 1. The molecule has 0 radical (unpaired) electrons. The Labute approximate surface area is 178 Å². The first-order valence-electron chi connectivity index (χ1n) is 9.23. The van der Waals surface area contributed by atoms with Gasteiger partial charge >= 0.3 is 0 Å². The number of benzene rings is 2. The Morgan fingerprint density at radius 2 is 1.83 bits per heavy atom. The first-order valence-corrected chi connectivity index (χ1v) is 10.0. The van der Waals surface area contributed by atoms with Gasteiger partial charge in [-0.1, -0.05) is 34.1 Å². The maximum absolute atomic E-state index is 13.8. The number of halogens is 2. The predicted molar refractivity (Wildman–Crippen MR) is 114 cm³/mol. The van der Waals surface area contributed by atoms with Gasteiger partial charge in [0.2, 0.25) is 5.76 Å². The van der Waals surface area contributed by atoms with Crippen LogP contribution in [0, 0.1) is 12.7 Å². The molecule has 148 valence electrons. The quantitative estimate of drug-likeness (QED) is 0.411. The molecule has 7 heteroatoms. The van der Waals surface area contributed by atoms with Crippen LogP contribution in [0.1, 0.15) is 33.4 Å². The summed E-state index contributed by atoms with van der Waals surface area (Å²) in [6.45, 7) is 1.83. The zero-order valence-electron chi connectivity index (χ0n) is 15.7. The maximum Gasteiger partial charge on any atom is 0.296 e. The van der Waals surface area contributed by atoms with Gasteiger partial charge in [0.05, 0.1) is 17.0 Å². The molecule has 1 amide bonds. The number of amides is 1. The third-order valence-electron chi connectivity index (χ3n) is 5.14. The van der Waals surface area contributed by atoms with E-state index in [-0.39, 0.29) is 22.3 Å². The molecule has 3 heterocycles. The van der Waals surface area contributed by atoms with Crippen molar-refractivity contribution in [1.29, 1.82) is 0 Å². The summed E-state index contributed by atoms with van der Waals surface area (Å²) in [5, 5.41) is 0.0997. The van der Waals surface area contributed by atoms with Gasteiger partial charge in [-0.3, -0.25) is 14.5 Å².